The van der Waals surface area contributed by atoms with E-state index in [1.54, 1.807) is 0 Å². The molecule has 23 heavy (non-hydrogen) atoms. The number of hydrogen-bond acceptors (Lipinski definition) is 3. The molecule has 1 aliphatic rings. The summed E-state index contributed by atoms with van der Waals surface area (Å²) >= 11 is 0. The van der Waals surface area contributed by atoms with Crippen LogP contribution in [0, 0.1) is 11.8 Å². The van der Waals surface area contributed by atoms with E-state index >= 15 is 0 Å². The Kier molecular flexibility index (Phi) is 7.02. The molecule has 0 aromatic carbocycles. The van der Waals surface area contributed by atoms with E-state index in [0.29, 0.717) is 0 Å². The van der Waals surface area contributed by atoms with Gasteiger partial charge in [0.25, 0.3) is 0 Å². The highest BCUT2D eigenvalue weighted by Crippen LogP contribution is 2.36. The zero-order valence-electron chi connectivity index (χ0n) is 15.8. The molecule has 0 radical (unpaired) electrons. The average molecular weight is 323 g/mol. The lowest BCUT2D eigenvalue weighted by molar-refractivity contribution is -0.327. The van der Waals surface area contributed by atoms with Gasteiger partial charge in [0.15, 0.2) is 5.79 Å². The fraction of sp³-hybridized carbons (Fsp3) is 0.737. The first kappa shape index (κ1) is 19.9. The lowest BCUT2D eigenvalue weighted by Gasteiger charge is -2.48. The van der Waals surface area contributed by atoms with Crippen LogP contribution in [0.5, 0.6) is 0 Å². The van der Waals surface area contributed by atoms with Crippen molar-refractivity contribution in [3.05, 3.63) is 23.8 Å². The number of nitrogens with one attached hydrogen (secondary N) is 1. The van der Waals surface area contributed by atoms with Gasteiger partial charge in [-0.2, -0.15) is 0 Å². The summed E-state index contributed by atoms with van der Waals surface area (Å²) in [5.41, 5.74) is 1.24. The molecule has 4 nitrogen and oxygen atoms in total. The molecule has 4 heteroatoms. The third-order valence-corrected chi connectivity index (χ3v) is 4.44. The Balaban J connectivity index is 2.94. The van der Waals surface area contributed by atoms with Crippen LogP contribution in [0.25, 0.3) is 0 Å². The minimum atomic E-state index is -0.660. The van der Waals surface area contributed by atoms with Gasteiger partial charge in [0, 0.05) is 18.8 Å². The fourth-order valence-electron chi connectivity index (χ4n) is 3.14. The summed E-state index contributed by atoms with van der Waals surface area (Å²) in [6.45, 7) is 15.8. The summed E-state index contributed by atoms with van der Waals surface area (Å²) in [6.07, 6.45) is 6.38. The third-order valence-electron chi connectivity index (χ3n) is 4.44. The minimum Gasteiger partial charge on any atom is -0.351 e. The monoisotopic (exact) mass is 323 g/mol. The molecule has 1 heterocycles. The Bertz CT molecular complexity index is 467. The summed E-state index contributed by atoms with van der Waals surface area (Å²) in [5, 5.41) is 2.95. The molecule has 0 spiro atoms. The first-order valence-corrected chi connectivity index (χ1v) is 8.51. The van der Waals surface area contributed by atoms with Crippen LogP contribution in [0.3, 0.4) is 0 Å². The van der Waals surface area contributed by atoms with E-state index in [1.165, 1.54) is 12.5 Å². The van der Waals surface area contributed by atoms with Crippen LogP contribution in [-0.4, -0.2) is 29.9 Å². The molecule has 1 amide bonds. The standard InChI is InChI=1S/C19H33NO3/c1-9-12(2)10-11-13(3)17-14(4)18(15(5)20-16(6)21)23-19(7,8)22-17/h9-11,13-15,17-18H,1-8H3,(H,20,21)/b11-10+,12-9+/t13-,14+,15-,17-,18+/m1/s1. The molecule has 5 atom stereocenters. The fourth-order valence-corrected chi connectivity index (χ4v) is 3.14. The largest absolute Gasteiger partial charge is 0.351 e. The van der Waals surface area contributed by atoms with Crippen LogP contribution in [-0.2, 0) is 14.3 Å². The van der Waals surface area contributed by atoms with Gasteiger partial charge in [-0.3, -0.25) is 4.79 Å². The molecule has 1 fully saturated rings. The van der Waals surface area contributed by atoms with E-state index < -0.39 is 5.79 Å². The normalized spacial score (nSPS) is 31.0. The molecule has 0 aliphatic carbocycles. The average Bonchev–Trinajstić information content (AvgIpc) is 2.45. The van der Waals surface area contributed by atoms with Gasteiger partial charge in [0.05, 0.1) is 18.2 Å². The zero-order valence-corrected chi connectivity index (χ0v) is 15.8. The molecule has 1 N–H and O–H groups in total. The van der Waals surface area contributed by atoms with Gasteiger partial charge in [-0.05, 0) is 34.6 Å². The van der Waals surface area contributed by atoms with Crippen LogP contribution in [0.15, 0.2) is 23.8 Å². The zero-order chi connectivity index (χ0) is 17.8. The summed E-state index contributed by atoms with van der Waals surface area (Å²) < 4.78 is 12.3. The highest BCUT2D eigenvalue weighted by molar-refractivity contribution is 5.73. The van der Waals surface area contributed by atoms with E-state index in [9.17, 15) is 4.79 Å². The van der Waals surface area contributed by atoms with Gasteiger partial charge >= 0.3 is 0 Å². The maximum absolute atomic E-state index is 11.4. The minimum absolute atomic E-state index is 0.0363. The van der Waals surface area contributed by atoms with Crippen LogP contribution in [0.4, 0.5) is 0 Å². The van der Waals surface area contributed by atoms with Crippen LogP contribution in [0.2, 0.25) is 0 Å². The molecule has 0 unspecified atom stereocenters. The second-order valence-electron chi connectivity index (χ2n) is 7.16. The van der Waals surface area contributed by atoms with Crippen molar-refractivity contribution in [2.45, 2.75) is 79.4 Å². The van der Waals surface area contributed by atoms with Gasteiger partial charge in [-0.1, -0.05) is 37.6 Å². The molecule has 0 bridgehead atoms. The van der Waals surface area contributed by atoms with Crippen molar-refractivity contribution in [3.63, 3.8) is 0 Å². The topological polar surface area (TPSA) is 47.6 Å². The smallest absolute Gasteiger partial charge is 0.217 e. The summed E-state index contributed by atoms with van der Waals surface area (Å²) in [7, 11) is 0. The maximum Gasteiger partial charge on any atom is 0.217 e. The number of rotatable bonds is 5. The van der Waals surface area contributed by atoms with Crippen molar-refractivity contribution < 1.29 is 14.3 Å². The molecular weight excluding hydrogens is 290 g/mol. The van der Waals surface area contributed by atoms with Gasteiger partial charge in [-0.25, -0.2) is 0 Å². The molecule has 0 aromatic rings. The maximum atomic E-state index is 11.4. The first-order valence-electron chi connectivity index (χ1n) is 8.51. The molecule has 1 rings (SSSR count). The van der Waals surface area contributed by atoms with Crippen LogP contribution < -0.4 is 5.32 Å². The molecule has 1 saturated heterocycles. The van der Waals surface area contributed by atoms with Crippen molar-refractivity contribution in [1.82, 2.24) is 5.32 Å². The Labute approximate surface area is 141 Å². The lowest BCUT2D eigenvalue weighted by atomic mass is 9.84. The predicted octanol–water partition coefficient (Wildman–Crippen LogP) is 3.83. The number of ether oxygens (including phenoxy) is 2. The van der Waals surface area contributed by atoms with E-state index in [2.05, 4.69) is 44.3 Å². The summed E-state index contributed by atoms with van der Waals surface area (Å²) in [5.74, 6) is -0.261. The number of amides is 1. The number of carbonyl (C=O) groups excluding carboxylic acids is 1. The van der Waals surface area contributed by atoms with Crippen molar-refractivity contribution >= 4 is 5.91 Å². The number of carbonyl (C=O) groups is 1. The molecular formula is C19H33NO3. The van der Waals surface area contributed by atoms with Gasteiger partial charge < -0.3 is 14.8 Å². The van der Waals surface area contributed by atoms with Crippen LogP contribution >= 0.6 is 0 Å². The summed E-state index contributed by atoms with van der Waals surface area (Å²) in [4.78, 5) is 11.4. The Morgan fingerprint density at radius 3 is 2.26 bits per heavy atom. The van der Waals surface area contributed by atoms with Crippen molar-refractivity contribution in [2.24, 2.45) is 11.8 Å². The lowest BCUT2D eigenvalue weighted by Crippen LogP contribution is -2.58. The van der Waals surface area contributed by atoms with Crippen molar-refractivity contribution in [3.8, 4) is 0 Å². The Morgan fingerprint density at radius 2 is 1.74 bits per heavy atom. The molecule has 0 saturated carbocycles. The Morgan fingerprint density at radius 1 is 1.17 bits per heavy atom. The number of hydrogen-bond donors (Lipinski definition) is 1. The Hall–Kier alpha value is -1.13. The second kappa shape index (κ2) is 8.11. The third kappa shape index (κ3) is 5.78. The summed E-state index contributed by atoms with van der Waals surface area (Å²) in [6, 6.07) is -0.0540. The molecule has 0 aromatic heterocycles. The SMILES string of the molecule is C/C=C(C)/C=C/[C@@H](C)[C@H]1OC(C)(C)O[C@H]([C@@H](C)NC(C)=O)[C@H]1C. The van der Waals surface area contributed by atoms with Crippen LogP contribution in [0.1, 0.15) is 55.4 Å². The van der Waals surface area contributed by atoms with Crippen molar-refractivity contribution in [1.29, 1.82) is 0 Å². The first-order chi connectivity index (χ1) is 10.6. The van der Waals surface area contributed by atoms with E-state index in [-0.39, 0.29) is 36.0 Å². The highest BCUT2D eigenvalue weighted by atomic mass is 16.7. The van der Waals surface area contributed by atoms with E-state index in [4.69, 9.17) is 9.47 Å². The molecule has 1 aliphatic heterocycles. The quantitative estimate of drug-likeness (QED) is 0.782. The van der Waals surface area contributed by atoms with Gasteiger partial charge in [-0.15, -0.1) is 0 Å². The van der Waals surface area contributed by atoms with Gasteiger partial charge in [0.1, 0.15) is 0 Å². The predicted molar refractivity (Wildman–Crippen MR) is 94.0 cm³/mol. The van der Waals surface area contributed by atoms with E-state index in [0.717, 1.165) is 0 Å². The number of allylic oxidation sites excluding steroid dienone is 3. The highest BCUT2D eigenvalue weighted by Gasteiger charge is 2.44. The molecule has 132 valence electrons. The van der Waals surface area contributed by atoms with Crippen molar-refractivity contribution in [2.75, 3.05) is 0 Å². The second-order valence-corrected chi connectivity index (χ2v) is 7.16. The van der Waals surface area contributed by atoms with Gasteiger partial charge in [0.2, 0.25) is 5.91 Å². The van der Waals surface area contributed by atoms with E-state index in [1.807, 2.05) is 27.7 Å².